The number of nitrogens with one attached hydrogen (secondary N) is 1. The quantitative estimate of drug-likeness (QED) is 0.827. The van der Waals surface area contributed by atoms with Crippen molar-refractivity contribution >= 4 is 0 Å². The number of hydrogen-bond acceptors (Lipinski definition) is 2. The lowest BCUT2D eigenvalue weighted by Gasteiger charge is -2.46. The summed E-state index contributed by atoms with van der Waals surface area (Å²) in [4.78, 5) is 2.96. The summed E-state index contributed by atoms with van der Waals surface area (Å²) < 4.78 is 0. The molecule has 0 amide bonds. The van der Waals surface area contributed by atoms with Gasteiger partial charge >= 0.3 is 0 Å². The molecule has 1 N–H and O–H groups in total. The zero-order chi connectivity index (χ0) is 12.5. The van der Waals surface area contributed by atoms with Crippen molar-refractivity contribution in [3.8, 4) is 0 Å². The highest BCUT2D eigenvalue weighted by molar-refractivity contribution is 5.00. The van der Waals surface area contributed by atoms with Crippen LogP contribution in [0.3, 0.4) is 0 Å². The van der Waals surface area contributed by atoms with E-state index in [-0.39, 0.29) is 0 Å². The molecule has 104 valence electrons. The lowest BCUT2D eigenvalue weighted by Crippen LogP contribution is -2.53. The van der Waals surface area contributed by atoms with Crippen LogP contribution in [0, 0.1) is 5.92 Å². The van der Waals surface area contributed by atoms with E-state index in [1.165, 1.54) is 57.8 Å². The minimum Gasteiger partial charge on any atom is -0.317 e. The predicted octanol–water partition coefficient (Wildman–Crippen LogP) is 3.17. The molecule has 1 aliphatic carbocycles. The number of rotatable bonds is 3. The summed E-state index contributed by atoms with van der Waals surface area (Å²) >= 11 is 0. The van der Waals surface area contributed by atoms with Crippen LogP contribution in [0.1, 0.15) is 64.7 Å². The molecule has 0 aromatic heterocycles. The third-order valence-electron chi connectivity index (χ3n) is 6.01. The molecule has 0 aromatic rings. The first-order valence-electron chi connectivity index (χ1n) is 8.26. The Kier molecular flexibility index (Phi) is 3.95. The Bertz CT molecular complexity index is 256. The zero-order valence-electron chi connectivity index (χ0n) is 12.2. The van der Waals surface area contributed by atoms with Gasteiger partial charge in [0.15, 0.2) is 0 Å². The van der Waals surface area contributed by atoms with Crippen molar-refractivity contribution in [1.29, 1.82) is 0 Å². The van der Waals surface area contributed by atoms with Crippen LogP contribution in [0.2, 0.25) is 0 Å². The average Bonchev–Trinajstić information content (AvgIpc) is 2.69. The molecule has 3 rings (SSSR count). The normalized spacial score (nSPS) is 45.3. The van der Waals surface area contributed by atoms with Crippen LogP contribution >= 0.6 is 0 Å². The number of hydrogen-bond donors (Lipinski definition) is 1. The monoisotopic (exact) mass is 250 g/mol. The van der Waals surface area contributed by atoms with E-state index in [4.69, 9.17) is 0 Å². The molecule has 2 bridgehead atoms. The van der Waals surface area contributed by atoms with Crippen LogP contribution in [0.5, 0.6) is 0 Å². The number of fused-ring (bicyclic) bond motifs is 2. The molecule has 3 aliphatic rings. The van der Waals surface area contributed by atoms with Crippen molar-refractivity contribution in [2.45, 2.75) is 88.9 Å². The summed E-state index contributed by atoms with van der Waals surface area (Å²) in [6, 6.07) is 3.54. The second-order valence-electron chi connectivity index (χ2n) is 6.87. The summed E-state index contributed by atoms with van der Waals surface area (Å²) in [6.45, 7) is 2.37. The van der Waals surface area contributed by atoms with Gasteiger partial charge in [-0.15, -0.1) is 0 Å². The molecule has 1 saturated carbocycles. The Morgan fingerprint density at radius 3 is 1.94 bits per heavy atom. The molecule has 2 saturated heterocycles. The fourth-order valence-electron chi connectivity index (χ4n) is 4.90. The van der Waals surface area contributed by atoms with Crippen LogP contribution < -0.4 is 5.32 Å². The Balaban J connectivity index is 1.61. The first kappa shape index (κ1) is 12.9. The highest BCUT2D eigenvalue weighted by Gasteiger charge is 2.43. The molecule has 0 aromatic carbocycles. The van der Waals surface area contributed by atoms with E-state index >= 15 is 0 Å². The Hall–Kier alpha value is -0.0800. The average molecular weight is 250 g/mol. The van der Waals surface area contributed by atoms with Crippen LogP contribution in [-0.2, 0) is 0 Å². The lowest BCUT2D eigenvalue weighted by atomic mass is 9.82. The van der Waals surface area contributed by atoms with Crippen LogP contribution in [0.15, 0.2) is 0 Å². The molecule has 0 spiro atoms. The summed E-state index contributed by atoms with van der Waals surface area (Å²) in [5, 5.41) is 3.52. The van der Waals surface area contributed by atoms with Gasteiger partial charge in [0.1, 0.15) is 0 Å². The summed E-state index contributed by atoms with van der Waals surface area (Å²) in [5.74, 6) is 1.04. The molecular weight excluding hydrogens is 220 g/mol. The minimum atomic E-state index is 0.797. The van der Waals surface area contributed by atoms with E-state index in [1.54, 1.807) is 0 Å². The SMILES string of the molecule is CCC1CCC(N2C3CCC2CC(NC)C3)CC1. The Morgan fingerprint density at radius 1 is 0.889 bits per heavy atom. The molecule has 0 radical (unpaired) electrons. The highest BCUT2D eigenvalue weighted by atomic mass is 15.3. The molecule has 2 nitrogen and oxygen atoms in total. The molecule has 2 aliphatic heterocycles. The zero-order valence-corrected chi connectivity index (χ0v) is 12.2. The van der Waals surface area contributed by atoms with Crippen LogP contribution in [0.25, 0.3) is 0 Å². The fourth-order valence-corrected chi connectivity index (χ4v) is 4.90. The fraction of sp³-hybridized carbons (Fsp3) is 1.00. The van der Waals surface area contributed by atoms with Crippen LogP contribution in [0.4, 0.5) is 0 Å². The van der Waals surface area contributed by atoms with Crippen molar-refractivity contribution in [3.63, 3.8) is 0 Å². The summed E-state index contributed by atoms with van der Waals surface area (Å²) in [7, 11) is 2.15. The van der Waals surface area contributed by atoms with E-state index in [9.17, 15) is 0 Å². The van der Waals surface area contributed by atoms with E-state index in [0.29, 0.717) is 0 Å². The summed E-state index contributed by atoms with van der Waals surface area (Å²) in [6.07, 6.45) is 13.1. The van der Waals surface area contributed by atoms with Gasteiger partial charge in [0.05, 0.1) is 0 Å². The maximum Gasteiger partial charge on any atom is 0.0116 e. The van der Waals surface area contributed by atoms with Gasteiger partial charge in [0.25, 0.3) is 0 Å². The smallest absolute Gasteiger partial charge is 0.0116 e. The van der Waals surface area contributed by atoms with Gasteiger partial charge in [0, 0.05) is 24.2 Å². The topological polar surface area (TPSA) is 15.3 Å². The van der Waals surface area contributed by atoms with Crippen LogP contribution in [-0.4, -0.2) is 36.1 Å². The third kappa shape index (κ3) is 2.34. The third-order valence-corrected chi connectivity index (χ3v) is 6.01. The van der Waals surface area contributed by atoms with Crippen molar-refractivity contribution in [3.05, 3.63) is 0 Å². The van der Waals surface area contributed by atoms with E-state index in [1.807, 2.05) is 0 Å². The molecule has 2 heteroatoms. The first-order valence-corrected chi connectivity index (χ1v) is 8.26. The molecule has 2 atom stereocenters. The van der Waals surface area contributed by atoms with Gasteiger partial charge in [-0.25, -0.2) is 0 Å². The highest BCUT2D eigenvalue weighted by Crippen LogP contribution is 2.41. The maximum absolute atomic E-state index is 3.52. The van der Waals surface area contributed by atoms with Gasteiger partial charge in [-0.1, -0.05) is 13.3 Å². The molecule has 2 heterocycles. The lowest BCUT2D eigenvalue weighted by molar-refractivity contribution is 0.0442. The van der Waals surface area contributed by atoms with Crippen molar-refractivity contribution in [1.82, 2.24) is 10.2 Å². The minimum absolute atomic E-state index is 0.797. The van der Waals surface area contributed by atoms with E-state index < -0.39 is 0 Å². The molecule has 2 unspecified atom stereocenters. The predicted molar refractivity (Wildman–Crippen MR) is 76.8 cm³/mol. The van der Waals surface area contributed by atoms with Gasteiger partial charge in [-0.3, -0.25) is 4.90 Å². The Labute approximate surface area is 113 Å². The molecular formula is C16H30N2. The van der Waals surface area contributed by atoms with Crippen molar-refractivity contribution in [2.24, 2.45) is 5.92 Å². The molecule has 3 fully saturated rings. The maximum atomic E-state index is 3.52. The second kappa shape index (κ2) is 5.50. The van der Waals surface area contributed by atoms with Gasteiger partial charge in [0.2, 0.25) is 0 Å². The number of nitrogens with zero attached hydrogens (tertiary/aromatic N) is 1. The van der Waals surface area contributed by atoms with Crippen molar-refractivity contribution in [2.75, 3.05) is 7.05 Å². The van der Waals surface area contributed by atoms with Crippen molar-refractivity contribution < 1.29 is 0 Å². The standard InChI is InChI=1S/C16H30N2/c1-3-12-4-6-14(7-5-12)18-15-8-9-16(18)11-13(10-15)17-2/h12-17H,3-11H2,1-2H3. The van der Waals surface area contributed by atoms with Gasteiger partial charge < -0.3 is 5.32 Å². The summed E-state index contributed by atoms with van der Waals surface area (Å²) in [5.41, 5.74) is 0. The van der Waals surface area contributed by atoms with Gasteiger partial charge in [-0.2, -0.15) is 0 Å². The van der Waals surface area contributed by atoms with Gasteiger partial charge in [-0.05, 0) is 64.3 Å². The van der Waals surface area contributed by atoms with E-state index in [0.717, 1.165) is 30.1 Å². The van der Waals surface area contributed by atoms with E-state index in [2.05, 4.69) is 24.2 Å². The number of piperidine rings is 1. The molecule has 18 heavy (non-hydrogen) atoms. The largest absolute Gasteiger partial charge is 0.317 e. The second-order valence-corrected chi connectivity index (χ2v) is 6.87. The Morgan fingerprint density at radius 2 is 1.44 bits per heavy atom. The first-order chi connectivity index (χ1) is 8.81.